The van der Waals surface area contributed by atoms with Gasteiger partial charge in [-0.1, -0.05) is 0 Å². The van der Waals surface area contributed by atoms with Crippen LogP contribution in [-0.4, -0.2) is 47.8 Å². The molecule has 2 aliphatic rings. The zero-order valence-electron chi connectivity index (χ0n) is 14.7. The molecule has 4 rings (SSSR count). The molecular weight excluding hydrogens is 402 g/mol. The van der Waals surface area contributed by atoms with Crippen molar-refractivity contribution in [2.75, 3.05) is 14.1 Å². The van der Waals surface area contributed by atoms with E-state index in [0.717, 1.165) is 17.3 Å². The average molecular weight is 424 g/mol. The smallest absolute Gasteiger partial charge is 0.354 e. The van der Waals surface area contributed by atoms with Crippen LogP contribution in [0.4, 0.5) is 0 Å². The van der Waals surface area contributed by atoms with Crippen molar-refractivity contribution in [2.24, 2.45) is 0 Å². The minimum atomic E-state index is -2.08. The number of esters is 1. The number of rotatable bonds is 4. The number of hydrogen-bond donors (Lipinski definition) is 1. The van der Waals surface area contributed by atoms with Crippen molar-refractivity contribution >= 4 is 5.97 Å². The maximum Gasteiger partial charge on any atom is 0.354 e. The summed E-state index contributed by atoms with van der Waals surface area (Å²) in [6.45, 7) is 0. The van der Waals surface area contributed by atoms with Gasteiger partial charge in [0.15, 0.2) is 11.5 Å². The fourth-order valence-electron chi connectivity index (χ4n) is 3.91. The molecule has 26 heavy (non-hydrogen) atoms. The van der Waals surface area contributed by atoms with Gasteiger partial charge in [0.25, 0.3) is 5.60 Å². The van der Waals surface area contributed by atoms with Gasteiger partial charge < -0.3 is 40.1 Å². The first-order valence-corrected chi connectivity index (χ1v) is 8.45. The summed E-state index contributed by atoms with van der Waals surface area (Å²) in [6, 6.07) is 6.93. The largest absolute Gasteiger partial charge is 1.00 e. The molecule has 1 saturated heterocycles. The molecule has 7 heteroatoms. The third-order valence-electron chi connectivity index (χ3n) is 5.60. The van der Waals surface area contributed by atoms with Gasteiger partial charge in [0.2, 0.25) is 0 Å². The van der Waals surface area contributed by atoms with Gasteiger partial charge in [0.05, 0.1) is 26.6 Å². The maximum atomic E-state index is 12.9. The van der Waals surface area contributed by atoms with Crippen molar-refractivity contribution < 1.29 is 44.9 Å². The van der Waals surface area contributed by atoms with Crippen LogP contribution in [0, 0.1) is 0 Å². The van der Waals surface area contributed by atoms with E-state index in [0.29, 0.717) is 12.1 Å². The van der Waals surface area contributed by atoms with Crippen molar-refractivity contribution in [3.8, 4) is 0 Å². The lowest BCUT2D eigenvalue weighted by atomic mass is 9.95. The maximum absolute atomic E-state index is 12.9. The molecule has 0 aliphatic carbocycles. The molecule has 2 aromatic rings. The Morgan fingerprint density at radius 1 is 1.12 bits per heavy atom. The average Bonchev–Trinajstić information content (AvgIpc) is 3.29. The molecule has 6 nitrogen and oxygen atoms in total. The van der Waals surface area contributed by atoms with E-state index in [-0.39, 0.29) is 34.6 Å². The van der Waals surface area contributed by atoms with Crippen LogP contribution in [-0.2, 0) is 15.1 Å². The molecule has 2 aliphatic heterocycles. The summed E-state index contributed by atoms with van der Waals surface area (Å²) in [6.07, 6.45) is 8.42. The van der Waals surface area contributed by atoms with E-state index in [1.807, 2.05) is 0 Å². The lowest BCUT2D eigenvalue weighted by Gasteiger charge is -2.44. The Hall–Kier alpha value is -1.83. The van der Waals surface area contributed by atoms with E-state index in [2.05, 4.69) is 26.2 Å². The number of aliphatic hydroxyl groups is 1. The van der Waals surface area contributed by atoms with Gasteiger partial charge in [-0.05, 0) is 36.4 Å². The van der Waals surface area contributed by atoms with Crippen LogP contribution in [0.5, 0.6) is 0 Å². The minimum Gasteiger partial charge on any atom is -1.00 e. The SMILES string of the molecule is C[N+]1(C)[C@@H]2C=C[C@H]1CC(OC(=O)C(O)(c1ccco1)c1ccco1)C2.[Br-]. The highest BCUT2D eigenvalue weighted by atomic mass is 79.9. The zero-order chi connectivity index (χ0) is 17.7. The van der Waals surface area contributed by atoms with E-state index in [1.54, 1.807) is 12.1 Å². The van der Waals surface area contributed by atoms with Crippen LogP contribution in [0.1, 0.15) is 24.4 Å². The summed E-state index contributed by atoms with van der Waals surface area (Å²) in [7, 11) is 4.38. The third kappa shape index (κ3) is 2.84. The molecule has 2 aromatic heterocycles. The Kier molecular flexibility index (Phi) is 4.90. The van der Waals surface area contributed by atoms with E-state index < -0.39 is 11.6 Å². The number of quaternary nitrogens is 1. The molecule has 0 spiro atoms. The number of carbonyl (C=O) groups excluding carboxylic acids is 1. The number of fused-ring (bicyclic) bond motifs is 2. The van der Waals surface area contributed by atoms with Crippen molar-refractivity contribution in [2.45, 2.75) is 36.6 Å². The lowest BCUT2D eigenvalue weighted by molar-refractivity contribution is -0.926. The minimum absolute atomic E-state index is 0. The van der Waals surface area contributed by atoms with Crippen LogP contribution in [0.15, 0.2) is 57.8 Å². The van der Waals surface area contributed by atoms with Crippen LogP contribution in [0.3, 0.4) is 0 Å². The second kappa shape index (κ2) is 6.72. The van der Waals surface area contributed by atoms with Crippen LogP contribution >= 0.6 is 0 Å². The molecule has 1 fully saturated rings. The number of ether oxygens (including phenoxy) is 1. The normalized spacial score (nSPS) is 26.3. The highest BCUT2D eigenvalue weighted by Crippen LogP contribution is 2.38. The van der Waals surface area contributed by atoms with E-state index in [1.165, 1.54) is 24.7 Å². The lowest BCUT2D eigenvalue weighted by Crippen LogP contribution is -3.00. The summed E-state index contributed by atoms with van der Waals surface area (Å²) in [4.78, 5) is 12.9. The van der Waals surface area contributed by atoms with Crippen LogP contribution in [0.25, 0.3) is 0 Å². The predicted molar refractivity (Wildman–Crippen MR) is 88.4 cm³/mol. The monoisotopic (exact) mass is 423 g/mol. The van der Waals surface area contributed by atoms with Gasteiger partial charge >= 0.3 is 5.97 Å². The zero-order valence-corrected chi connectivity index (χ0v) is 16.3. The van der Waals surface area contributed by atoms with Crippen LogP contribution in [0.2, 0.25) is 0 Å². The van der Waals surface area contributed by atoms with Crippen molar-refractivity contribution in [1.82, 2.24) is 0 Å². The van der Waals surface area contributed by atoms with Gasteiger partial charge in [-0.15, -0.1) is 0 Å². The molecule has 0 amide bonds. The van der Waals surface area contributed by atoms with Gasteiger partial charge in [-0.2, -0.15) is 0 Å². The Balaban J connectivity index is 0.00000196. The summed E-state index contributed by atoms with van der Waals surface area (Å²) in [5, 5.41) is 11.1. The number of carbonyl (C=O) groups is 1. The molecule has 140 valence electrons. The predicted octanol–water partition coefficient (Wildman–Crippen LogP) is -0.798. The molecule has 0 saturated carbocycles. The first-order valence-electron chi connectivity index (χ1n) is 8.45. The second-order valence-corrected chi connectivity index (χ2v) is 7.31. The number of halogens is 1. The summed E-state index contributed by atoms with van der Waals surface area (Å²) >= 11 is 0. The summed E-state index contributed by atoms with van der Waals surface area (Å²) in [5.74, 6) is -0.602. The molecular formula is C19H22BrNO5. The number of furan rings is 2. The molecule has 1 N–H and O–H groups in total. The highest BCUT2D eigenvalue weighted by molar-refractivity contribution is 5.83. The highest BCUT2D eigenvalue weighted by Gasteiger charge is 2.51. The van der Waals surface area contributed by atoms with Crippen molar-refractivity contribution in [3.63, 3.8) is 0 Å². The van der Waals surface area contributed by atoms with Gasteiger partial charge in [0.1, 0.15) is 18.2 Å². The Bertz CT molecular complexity index is 729. The quantitative estimate of drug-likeness (QED) is 0.396. The Labute approximate surface area is 162 Å². The molecule has 0 radical (unpaired) electrons. The molecule has 0 aromatic carbocycles. The Morgan fingerprint density at radius 2 is 1.62 bits per heavy atom. The van der Waals surface area contributed by atoms with Gasteiger partial charge in [0, 0.05) is 12.8 Å². The Morgan fingerprint density at radius 3 is 2.04 bits per heavy atom. The molecule has 2 bridgehead atoms. The van der Waals surface area contributed by atoms with Crippen LogP contribution < -0.4 is 17.0 Å². The number of nitrogens with zero attached hydrogens (tertiary/aromatic N) is 1. The molecule has 1 unspecified atom stereocenters. The standard InChI is InChI=1S/C19H22NO5.BrH/c1-20(2)13-7-8-14(20)12-15(11-13)25-18(21)19(22,16-5-3-9-23-16)17-6-4-10-24-17;/h3-10,13-15,22H,11-12H2,1-2H3;1H/q+1;/p-1/t13-,14+,15?;. The number of likely N-dealkylation sites (N-methyl/N-ethyl adjacent to an activating group) is 1. The fraction of sp³-hybridized carbons (Fsp3) is 0.421. The first-order chi connectivity index (χ1) is 11.9. The number of hydrogen-bond acceptors (Lipinski definition) is 5. The van der Waals surface area contributed by atoms with Gasteiger partial charge in [-0.3, -0.25) is 0 Å². The molecule has 3 atom stereocenters. The van der Waals surface area contributed by atoms with Gasteiger partial charge in [-0.25, -0.2) is 4.79 Å². The van der Waals surface area contributed by atoms with E-state index >= 15 is 0 Å². The van der Waals surface area contributed by atoms with E-state index in [4.69, 9.17) is 13.6 Å². The first kappa shape index (κ1) is 18.9. The summed E-state index contributed by atoms with van der Waals surface area (Å²) in [5.41, 5.74) is -2.08. The van der Waals surface area contributed by atoms with E-state index in [9.17, 15) is 9.90 Å². The topological polar surface area (TPSA) is 72.8 Å². The summed E-state index contributed by atoms with van der Waals surface area (Å²) < 4.78 is 17.2. The number of piperidine rings is 1. The fourth-order valence-corrected chi connectivity index (χ4v) is 3.91. The van der Waals surface area contributed by atoms with Crippen molar-refractivity contribution in [1.29, 1.82) is 0 Å². The third-order valence-corrected chi connectivity index (χ3v) is 5.60. The van der Waals surface area contributed by atoms with Crippen molar-refractivity contribution in [3.05, 3.63) is 60.5 Å². The molecule has 4 heterocycles. The second-order valence-electron chi connectivity index (χ2n) is 7.31.